The van der Waals surface area contributed by atoms with Crippen LogP contribution in [0.1, 0.15) is 10.4 Å². The summed E-state index contributed by atoms with van der Waals surface area (Å²) < 4.78 is 5.13. The molecule has 0 saturated heterocycles. The number of ether oxygens (including phenoxy) is 1. The van der Waals surface area contributed by atoms with E-state index in [9.17, 15) is 14.7 Å². The minimum Gasteiger partial charge on any atom is -0.494 e. The summed E-state index contributed by atoms with van der Waals surface area (Å²) in [6.45, 7) is 0. The topological polar surface area (TPSA) is 110 Å². The summed E-state index contributed by atoms with van der Waals surface area (Å²) in [7, 11) is 1.40. The van der Waals surface area contributed by atoms with Gasteiger partial charge in [-0.25, -0.2) is 14.8 Å². The van der Waals surface area contributed by atoms with Gasteiger partial charge in [-0.3, -0.25) is 4.79 Å². The summed E-state index contributed by atoms with van der Waals surface area (Å²) in [6, 6.07) is 2.71. The summed E-state index contributed by atoms with van der Waals surface area (Å²) in [5.41, 5.74) is 0.691. The van der Waals surface area contributed by atoms with Crippen molar-refractivity contribution in [3.63, 3.8) is 0 Å². The molecule has 0 spiro atoms. The van der Waals surface area contributed by atoms with Crippen LogP contribution in [-0.2, 0) is 4.79 Å². The number of hydrogen-bond acceptors (Lipinski definition) is 6. The lowest BCUT2D eigenvalue weighted by Gasteiger charge is -2.09. The Hall–Kier alpha value is -2.80. The first-order valence-corrected chi connectivity index (χ1v) is 6.04. The molecule has 1 aromatic heterocycles. The molecule has 1 heterocycles. The Morgan fingerprint density at radius 3 is 2.71 bits per heavy atom. The highest BCUT2D eigenvalue weighted by molar-refractivity contribution is 6.12. The number of aromatic nitrogens is 2. The van der Waals surface area contributed by atoms with E-state index < -0.39 is 17.9 Å². The Morgan fingerprint density at radius 2 is 2.05 bits per heavy atom. The zero-order valence-corrected chi connectivity index (χ0v) is 10.9. The first kappa shape index (κ1) is 13.2. The van der Waals surface area contributed by atoms with Gasteiger partial charge >= 0.3 is 5.97 Å². The molecule has 0 radical (unpaired) electrons. The van der Waals surface area contributed by atoms with E-state index in [1.54, 1.807) is 0 Å². The molecule has 0 fully saturated rings. The molecule has 7 heteroatoms. The van der Waals surface area contributed by atoms with Crippen molar-refractivity contribution in [3.8, 4) is 5.75 Å². The van der Waals surface area contributed by atoms with Gasteiger partial charge in [0.15, 0.2) is 5.78 Å². The average Bonchev–Trinajstić information content (AvgIpc) is 2.45. The van der Waals surface area contributed by atoms with Crippen LogP contribution in [0.3, 0.4) is 0 Å². The van der Waals surface area contributed by atoms with Crippen LogP contribution in [0.2, 0.25) is 0 Å². The van der Waals surface area contributed by atoms with Crippen LogP contribution in [0.15, 0.2) is 12.1 Å². The monoisotopic (exact) mass is 286 g/mol. The highest BCUT2D eigenvalue weighted by Crippen LogP contribution is 2.23. The largest absolute Gasteiger partial charge is 0.494 e. The molecule has 2 aromatic rings. The van der Waals surface area contributed by atoms with Crippen LogP contribution in [0.4, 0.5) is 0 Å². The number of benzene rings is 1. The van der Waals surface area contributed by atoms with Gasteiger partial charge in [0.05, 0.1) is 28.9 Å². The molecule has 1 atom stereocenters. The minimum absolute atomic E-state index is 0.0185. The molecule has 1 aliphatic rings. The van der Waals surface area contributed by atoms with Gasteiger partial charge in [-0.05, 0) is 18.2 Å². The van der Waals surface area contributed by atoms with Crippen molar-refractivity contribution in [1.29, 1.82) is 0 Å². The van der Waals surface area contributed by atoms with Crippen LogP contribution in [-0.4, -0.2) is 45.1 Å². The number of carboxylic acid groups (broad SMARTS) is 1. The number of carbonyl (C=O) groups is 2. The fourth-order valence-electron chi connectivity index (χ4n) is 2.12. The van der Waals surface area contributed by atoms with Crippen molar-refractivity contribution < 1.29 is 24.5 Å². The smallest absolute Gasteiger partial charge is 0.335 e. The Morgan fingerprint density at radius 1 is 1.29 bits per heavy atom. The Balaban J connectivity index is 2.41. The average molecular weight is 286 g/mol. The van der Waals surface area contributed by atoms with Crippen LogP contribution in [0.5, 0.6) is 5.75 Å². The molecule has 0 amide bonds. The number of nitrogens with zero attached hydrogens (tertiary/aromatic N) is 2. The third-order valence-corrected chi connectivity index (χ3v) is 3.14. The van der Waals surface area contributed by atoms with E-state index in [0.717, 1.165) is 0 Å². The number of methoxy groups -OCH3 is 1. The standard InChI is InChI=1S/C14H10N2O5/c1-21-12-3-6(14(19)20)2-9-13(12)16-8-5-11(18)10(17)4-7(8)15-9/h2-5,10,17H,1H3,(H,19,20). The molecule has 3 rings (SSSR count). The number of hydrogen-bond donors (Lipinski definition) is 2. The first-order valence-electron chi connectivity index (χ1n) is 6.04. The molecule has 106 valence electrons. The third-order valence-electron chi connectivity index (χ3n) is 3.14. The van der Waals surface area contributed by atoms with Crippen molar-refractivity contribution >= 4 is 34.9 Å². The highest BCUT2D eigenvalue weighted by Gasteiger charge is 2.17. The quantitative estimate of drug-likeness (QED) is 0.716. The number of carboxylic acids is 1. The number of aliphatic hydroxyl groups excluding tert-OH is 1. The maximum Gasteiger partial charge on any atom is 0.335 e. The summed E-state index contributed by atoms with van der Waals surface area (Å²) in [5, 5.41) is 19.2. The van der Waals surface area contributed by atoms with Gasteiger partial charge in [-0.1, -0.05) is 0 Å². The maximum absolute atomic E-state index is 11.5. The number of Topliss-reactive ketones (excluding diaryl/α,β-unsaturated/α-hetero) is 1. The molecule has 7 nitrogen and oxygen atoms in total. The van der Waals surface area contributed by atoms with Gasteiger partial charge < -0.3 is 14.9 Å². The van der Waals surface area contributed by atoms with Gasteiger partial charge in [0.2, 0.25) is 0 Å². The van der Waals surface area contributed by atoms with E-state index in [1.807, 2.05) is 0 Å². The highest BCUT2D eigenvalue weighted by atomic mass is 16.5. The van der Waals surface area contributed by atoms with E-state index >= 15 is 0 Å². The van der Waals surface area contributed by atoms with Crippen molar-refractivity contribution in [2.45, 2.75) is 6.10 Å². The first-order chi connectivity index (χ1) is 9.99. The fourth-order valence-corrected chi connectivity index (χ4v) is 2.12. The SMILES string of the molecule is COc1cc(C(=O)O)cc2nc3c(nc12)=CC(=O)C(O)C=3. The number of carbonyl (C=O) groups excluding carboxylic acids is 1. The van der Waals surface area contributed by atoms with Crippen LogP contribution >= 0.6 is 0 Å². The lowest BCUT2D eigenvalue weighted by molar-refractivity contribution is -0.118. The zero-order valence-electron chi connectivity index (χ0n) is 10.9. The molecule has 2 N–H and O–H groups in total. The second-order valence-electron chi connectivity index (χ2n) is 4.50. The van der Waals surface area contributed by atoms with E-state index in [1.165, 1.54) is 31.4 Å². The Labute approximate surface area is 117 Å². The van der Waals surface area contributed by atoms with Crippen molar-refractivity contribution in [3.05, 3.63) is 28.4 Å². The summed E-state index contributed by atoms with van der Waals surface area (Å²) in [4.78, 5) is 31.1. The summed E-state index contributed by atoms with van der Waals surface area (Å²) >= 11 is 0. The maximum atomic E-state index is 11.5. The van der Waals surface area contributed by atoms with Crippen molar-refractivity contribution in [2.24, 2.45) is 0 Å². The van der Waals surface area contributed by atoms with E-state index in [2.05, 4.69) is 9.97 Å². The molecule has 0 bridgehead atoms. The van der Waals surface area contributed by atoms with Crippen LogP contribution in [0, 0.1) is 0 Å². The van der Waals surface area contributed by atoms with E-state index in [4.69, 9.17) is 9.84 Å². The van der Waals surface area contributed by atoms with Crippen LogP contribution < -0.4 is 15.4 Å². The van der Waals surface area contributed by atoms with Crippen molar-refractivity contribution in [2.75, 3.05) is 7.11 Å². The molecule has 1 aromatic carbocycles. The van der Waals surface area contributed by atoms with Crippen LogP contribution in [0.25, 0.3) is 23.2 Å². The Bertz CT molecular complexity index is 904. The minimum atomic E-state index is -1.26. The third kappa shape index (κ3) is 2.13. The molecule has 0 aliphatic heterocycles. The summed E-state index contributed by atoms with van der Waals surface area (Å²) in [6.07, 6.45) is 1.23. The van der Waals surface area contributed by atoms with Gasteiger partial charge in [0, 0.05) is 6.08 Å². The molecule has 21 heavy (non-hydrogen) atoms. The second-order valence-corrected chi connectivity index (χ2v) is 4.50. The van der Waals surface area contributed by atoms with E-state index in [0.29, 0.717) is 21.7 Å². The molecule has 1 aliphatic carbocycles. The second kappa shape index (κ2) is 4.64. The number of aliphatic hydroxyl groups is 1. The lowest BCUT2D eigenvalue weighted by Crippen LogP contribution is -2.39. The Kier molecular flexibility index (Phi) is 2.91. The van der Waals surface area contributed by atoms with E-state index in [-0.39, 0.29) is 11.3 Å². The normalized spacial score (nSPS) is 16.9. The fraction of sp³-hybridized carbons (Fsp3) is 0.143. The number of rotatable bonds is 2. The van der Waals surface area contributed by atoms with Gasteiger partial charge in [-0.2, -0.15) is 0 Å². The predicted octanol–water partition coefficient (Wildman–Crippen LogP) is -1.16. The molecule has 1 unspecified atom stereocenters. The van der Waals surface area contributed by atoms with Gasteiger partial charge in [0.1, 0.15) is 17.4 Å². The zero-order chi connectivity index (χ0) is 15.1. The summed E-state index contributed by atoms with van der Waals surface area (Å²) in [5.74, 6) is -1.33. The number of aromatic carboxylic acids is 1. The predicted molar refractivity (Wildman–Crippen MR) is 72.2 cm³/mol. The van der Waals surface area contributed by atoms with Gasteiger partial charge in [0.25, 0.3) is 0 Å². The molecule has 0 saturated carbocycles. The molecular formula is C14H10N2O5. The van der Waals surface area contributed by atoms with Crippen molar-refractivity contribution in [1.82, 2.24) is 9.97 Å². The number of ketones is 1. The van der Waals surface area contributed by atoms with Gasteiger partial charge in [-0.15, -0.1) is 0 Å². The molecular weight excluding hydrogens is 276 g/mol. The lowest BCUT2D eigenvalue weighted by atomic mass is 10.1. The number of fused-ring (bicyclic) bond motifs is 2.